The standard InChI is InChI=1S/C8H12.2C2H4O2.Rh/c1-2-4-6-8-7-5-3-1;2*1-2(3)4;/h1-2,7-8H,3-6H2;2*1H3,(H,3,4);/q;;;+2/p-2/b2-1-,8-7?;;;. The Labute approximate surface area is 115 Å². The van der Waals surface area contributed by atoms with Crippen LogP contribution in [0.4, 0.5) is 0 Å². The average molecular weight is 329 g/mol. The molecule has 1 radical (unpaired) electrons. The van der Waals surface area contributed by atoms with Crippen LogP contribution in [0.3, 0.4) is 0 Å². The molecule has 5 heteroatoms. The molecular formula is C12H18O4Rh. The summed E-state index contributed by atoms with van der Waals surface area (Å²) in [6.07, 6.45) is 14.0. The smallest absolute Gasteiger partial charge is 0.550 e. The monoisotopic (exact) mass is 329 g/mol. The molecule has 17 heavy (non-hydrogen) atoms. The van der Waals surface area contributed by atoms with Crippen molar-refractivity contribution >= 4 is 11.9 Å². The molecule has 0 saturated heterocycles. The second-order valence-corrected chi connectivity index (χ2v) is 3.08. The van der Waals surface area contributed by atoms with Gasteiger partial charge >= 0.3 is 19.5 Å². The zero-order valence-electron chi connectivity index (χ0n) is 10.1. The summed E-state index contributed by atoms with van der Waals surface area (Å²) >= 11 is 0. The van der Waals surface area contributed by atoms with Gasteiger partial charge in [0.1, 0.15) is 0 Å². The Morgan fingerprint density at radius 1 is 0.765 bits per heavy atom. The molecule has 0 N–H and O–H groups in total. The van der Waals surface area contributed by atoms with Crippen LogP contribution in [-0.4, -0.2) is 11.9 Å². The zero-order valence-corrected chi connectivity index (χ0v) is 11.7. The Balaban J connectivity index is -0.000000189. The van der Waals surface area contributed by atoms with Gasteiger partial charge < -0.3 is 19.8 Å². The van der Waals surface area contributed by atoms with Crippen molar-refractivity contribution in [2.45, 2.75) is 39.5 Å². The molecule has 4 nitrogen and oxygen atoms in total. The number of carboxylic acids is 2. The number of carbonyl (C=O) groups is 2. The van der Waals surface area contributed by atoms with Crippen LogP contribution in [0.1, 0.15) is 39.5 Å². The average Bonchev–Trinajstić information content (AvgIpc) is 1.98. The number of rotatable bonds is 0. The summed E-state index contributed by atoms with van der Waals surface area (Å²) in [4.78, 5) is 17.8. The van der Waals surface area contributed by atoms with Crippen molar-refractivity contribution in [2.24, 2.45) is 0 Å². The Hall–Kier alpha value is -0.957. The third-order valence-electron chi connectivity index (χ3n) is 1.33. The van der Waals surface area contributed by atoms with Gasteiger partial charge in [-0.2, -0.15) is 0 Å². The molecule has 1 aliphatic carbocycles. The molecule has 0 heterocycles. The van der Waals surface area contributed by atoms with Gasteiger partial charge in [-0.1, -0.05) is 24.3 Å². The van der Waals surface area contributed by atoms with E-state index >= 15 is 0 Å². The summed E-state index contributed by atoms with van der Waals surface area (Å²) in [6.45, 7) is 1.94. The van der Waals surface area contributed by atoms with Crippen LogP contribution < -0.4 is 10.2 Å². The minimum absolute atomic E-state index is 0. The summed E-state index contributed by atoms with van der Waals surface area (Å²) in [5.74, 6) is -2.17. The fraction of sp³-hybridized carbons (Fsp3) is 0.500. The molecule has 1 aliphatic rings. The van der Waals surface area contributed by atoms with Crippen LogP contribution >= 0.6 is 0 Å². The van der Waals surface area contributed by atoms with Crippen molar-refractivity contribution in [1.82, 2.24) is 0 Å². The second kappa shape index (κ2) is 17.4. The quantitative estimate of drug-likeness (QED) is 0.469. The van der Waals surface area contributed by atoms with Crippen LogP contribution in [0.2, 0.25) is 0 Å². The van der Waals surface area contributed by atoms with Crippen molar-refractivity contribution in [1.29, 1.82) is 0 Å². The largest absolute Gasteiger partial charge is 2.00 e. The molecule has 0 spiro atoms. The molecule has 0 unspecified atom stereocenters. The van der Waals surface area contributed by atoms with Crippen LogP contribution in [0.15, 0.2) is 24.3 Å². The van der Waals surface area contributed by atoms with Gasteiger partial charge in [0.05, 0.1) is 0 Å². The molecule has 0 aliphatic heterocycles. The summed E-state index contributed by atoms with van der Waals surface area (Å²) in [6, 6.07) is 0. The maximum absolute atomic E-state index is 8.89. The third-order valence-corrected chi connectivity index (χ3v) is 1.33. The van der Waals surface area contributed by atoms with Crippen molar-refractivity contribution in [3.63, 3.8) is 0 Å². The first-order valence-corrected chi connectivity index (χ1v) is 5.12. The Bertz CT molecular complexity index is 201. The molecule has 0 aromatic heterocycles. The summed E-state index contributed by atoms with van der Waals surface area (Å²) in [5.41, 5.74) is 0. The van der Waals surface area contributed by atoms with Crippen LogP contribution in [0.5, 0.6) is 0 Å². The topological polar surface area (TPSA) is 80.3 Å². The van der Waals surface area contributed by atoms with E-state index in [1.165, 1.54) is 25.7 Å². The van der Waals surface area contributed by atoms with Gasteiger partial charge in [0.15, 0.2) is 0 Å². The fourth-order valence-corrected chi connectivity index (χ4v) is 0.856. The van der Waals surface area contributed by atoms with Gasteiger partial charge in [-0.3, -0.25) is 0 Å². The number of aliphatic carboxylic acids is 2. The first-order chi connectivity index (χ1) is 7.46. The number of carboxylic acid groups (broad SMARTS) is 2. The Morgan fingerprint density at radius 3 is 1.00 bits per heavy atom. The van der Waals surface area contributed by atoms with Crippen molar-refractivity contribution in [2.75, 3.05) is 0 Å². The van der Waals surface area contributed by atoms with E-state index in [4.69, 9.17) is 19.8 Å². The number of hydrogen-bond acceptors (Lipinski definition) is 4. The zero-order chi connectivity index (χ0) is 12.8. The van der Waals surface area contributed by atoms with E-state index in [2.05, 4.69) is 24.3 Å². The molecule has 0 fully saturated rings. The molecule has 1 rings (SSSR count). The molecule has 0 bridgehead atoms. The molecular weight excluding hydrogens is 311 g/mol. The third kappa shape index (κ3) is 51.6. The summed E-state index contributed by atoms with van der Waals surface area (Å²) < 4.78 is 0. The maximum Gasteiger partial charge on any atom is 2.00 e. The molecule has 0 saturated carbocycles. The van der Waals surface area contributed by atoms with Crippen molar-refractivity contribution in [3.8, 4) is 0 Å². The maximum atomic E-state index is 8.89. The first kappa shape index (κ1) is 21.3. The van der Waals surface area contributed by atoms with Gasteiger partial charge in [0.25, 0.3) is 0 Å². The van der Waals surface area contributed by atoms with E-state index in [9.17, 15) is 0 Å². The molecule has 99 valence electrons. The Kier molecular flexibility index (Phi) is 21.9. The number of allylic oxidation sites excluding steroid dienone is 4. The fourth-order valence-electron chi connectivity index (χ4n) is 0.856. The van der Waals surface area contributed by atoms with Gasteiger partial charge in [-0.25, -0.2) is 0 Å². The van der Waals surface area contributed by atoms with Crippen LogP contribution in [0, 0.1) is 0 Å². The van der Waals surface area contributed by atoms with Gasteiger partial charge in [0, 0.05) is 11.9 Å². The summed E-state index contributed by atoms with van der Waals surface area (Å²) in [7, 11) is 0. The van der Waals surface area contributed by atoms with E-state index in [0.717, 1.165) is 13.8 Å². The van der Waals surface area contributed by atoms with E-state index in [1.54, 1.807) is 0 Å². The van der Waals surface area contributed by atoms with E-state index < -0.39 is 11.9 Å². The number of hydrogen-bond donors (Lipinski definition) is 0. The van der Waals surface area contributed by atoms with E-state index in [-0.39, 0.29) is 19.5 Å². The van der Waals surface area contributed by atoms with Gasteiger partial charge in [0.2, 0.25) is 0 Å². The van der Waals surface area contributed by atoms with Crippen LogP contribution in [-0.2, 0) is 29.1 Å². The van der Waals surface area contributed by atoms with Gasteiger partial charge in [-0.15, -0.1) is 0 Å². The predicted octanol–water partition coefficient (Wildman–Crippen LogP) is 0.183. The number of carbonyl (C=O) groups excluding carboxylic acids is 2. The minimum atomic E-state index is -1.08. The Morgan fingerprint density at radius 2 is 0.882 bits per heavy atom. The normalized spacial score (nSPS) is 14.2. The molecule has 0 atom stereocenters. The van der Waals surface area contributed by atoms with Gasteiger partial charge in [-0.05, 0) is 39.5 Å². The molecule has 0 aromatic rings. The van der Waals surface area contributed by atoms with Crippen LogP contribution in [0.25, 0.3) is 0 Å². The van der Waals surface area contributed by atoms with Crippen molar-refractivity contribution in [3.05, 3.63) is 24.3 Å². The minimum Gasteiger partial charge on any atom is -0.550 e. The molecule has 0 amide bonds. The van der Waals surface area contributed by atoms with E-state index in [0.29, 0.717) is 0 Å². The first-order valence-electron chi connectivity index (χ1n) is 5.12. The van der Waals surface area contributed by atoms with E-state index in [1.807, 2.05) is 0 Å². The second-order valence-electron chi connectivity index (χ2n) is 3.08. The van der Waals surface area contributed by atoms with Crippen molar-refractivity contribution < 1.29 is 39.3 Å². The SMILES string of the molecule is C1=CCC/C=C\CC1.CC(=O)[O-].CC(=O)[O-].[Rh+2]. The predicted molar refractivity (Wildman–Crippen MR) is 58.1 cm³/mol. The summed E-state index contributed by atoms with van der Waals surface area (Å²) in [5, 5.41) is 17.8. The molecule has 0 aromatic carbocycles.